The lowest BCUT2D eigenvalue weighted by Crippen LogP contribution is -2.43. The standard InChI is InChI=1S/C14H12S.C8H9N3O4.C3H5F3.C2H2/c1-2-7-13-10-15-14-8-4-3-6-12(14)9-11(13)5-1;12-2-4-1-11-5(7(14)6(4)13)8(15)9-3-10-11;1-2-3(4,5)6;1-2/h1-8H,9-10H2;1,10,12,14H,2-3H2,(H,9,15);2H2,1H3;1-2H. The van der Waals surface area contributed by atoms with Crippen molar-refractivity contribution in [3.63, 3.8) is 0 Å². The molecule has 0 bridgehead atoms. The van der Waals surface area contributed by atoms with E-state index in [2.05, 4.69) is 72.1 Å². The van der Waals surface area contributed by atoms with Crippen LogP contribution in [-0.4, -0.2) is 33.6 Å². The summed E-state index contributed by atoms with van der Waals surface area (Å²) in [5.74, 6) is -0.0909. The molecule has 7 nitrogen and oxygen atoms in total. The smallest absolute Gasteiger partial charge is 0.388 e. The van der Waals surface area contributed by atoms with E-state index in [0.717, 1.165) is 19.1 Å². The molecule has 3 heterocycles. The summed E-state index contributed by atoms with van der Waals surface area (Å²) in [6.45, 7) is 0.787. The SMILES string of the molecule is C#C.CCC(F)(F)F.O=C1NCNn2cc(CO)c(=O)c(O)c21.c1ccc2c(c1)CSc1ccccc1C2. The number of carbonyl (C=O) groups excluding carboxylic acids is 1. The van der Waals surface area contributed by atoms with Gasteiger partial charge in [-0.25, -0.2) is 0 Å². The van der Waals surface area contributed by atoms with Crippen LogP contribution >= 0.6 is 11.8 Å². The zero-order chi connectivity index (χ0) is 28.3. The van der Waals surface area contributed by atoms with Gasteiger partial charge in [0.2, 0.25) is 5.43 Å². The highest BCUT2D eigenvalue weighted by atomic mass is 32.2. The van der Waals surface area contributed by atoms with E-state index in [0.29, 0.717) is 0 Å². The zero-order valence-corrected chi connectivity index (χ0v) is 21.4. The van der Waals surface area contributed by atoms with E-state index in [1.165, 1.54) is 32.5 Å². The molecule has 3 aromatic rings. The number of terminal acetylenes is 1. The number of halogens is 3. The van der Waals surface area contributed by atoms with Gasteiger partial charge in [-0.15, -0.1) is 24.6 Å². The van der Waals surface area contributed by atoms with Crippen LogP contribution in [-0.2, 0) is 18.8 Å². The van der Waals surface area contributed by atoms with Gasteiger partial charge >= 0.3 is 6.18 Å². The molecule has 11 heteroatoms. The second-order valence-electron chi connectivity index (χ2n) is 7.86. The average molecular weight is 548 g/mol. The van der Waals surface area contributed by atoms with Gasteiger partial charge in [0.05, 0.1) is 6.61 Å². The van der Waals surface area contributed by atoms with Crippen molar-refractivity contribution in [2.24, 2.45) is 0 Å². The van der Waals surface area contributed by atoms with Gasteiger partial charge in [-0.1, -0.05) is 49.4 Å². The quantitative estimate of drug-likeness (QED) is 0.337. The van der Waals surface area contributed by atoms with Crippen molar-refractivity contribution in [1.82, 2.24) is 9.99 Å². The number of alkyl halides is 3. The van der Waals surface area contributed by atoms with Crippen LogP contribution in [0.25, 0.3) is 0 Å². The van der Waals surface area contributed by atoms with Gasteiger partial charge in [-0.05, 0) is 29.2 Å². The van der Waals surface area contributed by atoms with Crippen LogP contribution in [0.3, 0.4) is 0 Å². The van der Waals surface area contributed by atoms with Crippen LogP contribution in [0.5, 0.6) is 5.75 Å². The number of nitrogens with zero attached hydrogens (tertiary/aromatic N) is 1. The molecule has 2 aliphatic rings. The maximum absolute atomic E-state index is 11.4. The fourth-order valence-electron chi connectivity index (χ4n) is 3.42. The minimum Gasteiger partial charge on any atom is -0.502 e. The number of thioether (sulfide) groups is 1. The number of amides is 1. The predicted molar refractivity (Wildman–Crippen MR) is 141 cm³/mol. The van der Waals surface area contributed by atoms with E-state index in [1.807, 2.05) is 11.8 Å². The monoisotopic (exact) mass is 547 g/mol. The Kier molecular flexibility index (Phi) is 11.3. The molecule has 0 unspecified atom stereocenters. The second kappa shape index (κ2) is 14.2. The molecule has 0 spiro atoms. The lowest BCUT2D eigenvalue weighted by Gasteiger charge is -2.22. The molecule has 2 aromatic carbocycles. The van der Waals surface area contributed by atoms with Crippen molar-refractivity contribution in [3.8, 4) is 18.6 Å². The number of aromatic hydroxyl groups is 1. The van der Waals surface area contributed by atoms with Gasteiger partial charge in [0.1, 0.15) is 6.67 Å². The van der Waals surface area contributed by atoms with Crippen LogP contribution in [0.2, 0.25) is 0 Å². The molecule has 4 N–H and O–H groups in total. The van der Waals surface area contributed by atoms with Crippen molar-refractivity contribution in [2.75, 3.05) is 12.1 Å². The molecule has 0 atom stereocenters. The normalized spacial score (nSPS) is 13.0. The van der Waals surface area contributed by atoms with Gasteiger partial charge in [0.25, 0.3) is 5.91 Å². The summed E-state index contributed by atoms with van der Waals surface area (Å²) in [5, 5.41) is 20.7. The number of aliphatic hydroxyl groups excluding tert-OH is 1. The summed E-state index contributed by atoms with van der Waals surface area (Å²) in [4.78, 5) is 24.1. The third-order valence-corrected chi connectivity index (χ3v) is 6.56. The summed E-state index contributed by atoms with van der Waals surface area (Å²) < 4.78 is 33.6. The van der Waals surface area contributed by atoms with Gasteiger partial charge in [-0.3, -0.25) is 14.3 Å². The highest BCUT2D eigenvalue weighted by molar-refractivity contribution is 7.98. The third kappa shape index (κ3) is 8.06. The lowest BCUT2D eigenvalue weighted by molar-refractivity contribution is -0.130. The Hall–Kier alpha value is -3.88. The first-order chi connectivity index (χ1) is 18.1. The molecule has 0 radical (unpaired) electrons. The summed E-state index contributed by atoms with van der Waals surface area (Å²) >= 11 is 1.95. The molecule has 38 heavy (non-hydrogen) atoms. The van der Waals surface area contributed by atoms with Crippen LogP contribution in [0.1, 0.15) is 46.1 Å². The molecule has 1 amide bonds. The van der Waals surface area contributed by atoms with Crippen LogP contribution in [0, 0.1) is 12.8 Å². The first kappa shape index (κ1) is 30.3. The Morgan fingerprint density at radius 1 is 1.03 bits per heavy atom. The number of hydrogen-bond donors (Lipinski definition) is 4. The van der Waals surface area contributed by atoms with Gasteiger partial charge in [0, 0.05) is 28.8 Å². The van der Waals surface area contributed by atoms with Crippen molar-refractivity contribution < 1.29 is 28.2 Å². The van der Waals surface area contributed by atoms with Gasteiger partial charge in [-0.2, -0.15) is 13.2 Å². The molecular weight excluding hydrogens is 519 g/mol. The fraction of sp³-hybridized carbons (Fsp3) is 0.259. The molecule has 0 fully saturated rings. The molecule has 202 valence electrons. The van der Waals surface area contributed by atoms with Crippen molar-refractivity contribution in [3.05, 3.63) is 92.9 Å². The number of carbonyl (C=O) groups is 1. The first-order valence-corrected chi connectivity index (χ1v) is 12.4. The zero-order valence-electron chi connectivity index (χ0n) is 20.6. The summed E-state index contributed by atoms with van der Waals surface area (Å²) in [6.07, 6.45) is 5.68. The highest BCUT2D eigenvalue weighted by Gasteiger charge is 2.23. The van der Waals surface area contributed by atoms with E-state index in [1.54, 1.807) is 0 Å². The van der Waals surface area contributed by atoms with E-state index in [-0.39, 0.29) is 17.9 Å². The Balaban J connectivity index is 0.000000210. The Morgan fingerprint density at radius 2 is 1.61 bits per heavy atom. The number of nitrogens with one attached hydrogen (secondary N) is 2. The maximum atomic E-state index is 11.4. The van der Waals surface area contributed by atoms with Crippen molar-refractivity contribution in [2.45, 2.75) is 43.2 Å². The number of hydrogen-bond acceptors (Lipinski definition) is 6. The predicted octanol–water partition coefficient (Wildman–Crippen LogP) is 4.38. The molecular formula is C27H28F3N3O4S. The molecule has 1 aromatic heterocycles. The molecule has 0 aliphatic carbocycles. The highest BCUT2D eigenvalue weighted by Crippen LogP contribution is 2.33. The van der Waals surface area contributed by atoms with Crippen LogP contribution in [0.15, 0.2) is 64.4 Å². The Bertz CT molecular complexity index is 1280. The maximum Gasteiger partial charge on any atom is 0.388 e. The molecule has 5 rings (SSSR count). The Labute approximate surface area is 222 Å². The lowest BCUT2D eigenvalue weighted by atomic mass is 10.0. The minimum atomic E-state index is -3.96. The third-order valence-electron chi connectivity index (χ3n) is 5.40. The van der Waals surface area contributed by atoms with E-state index >= 15 is 0 Å². The Morgan fingerprint density at radius 3 is 2.21 bits per heavy atom. The van der Waals surface area contributed by atoms with Gasteiger partial charge in [0.15, 0.2) is 11.4 Å². The largest absolute Gasteiger partial charge is 0.502 e. The van der Waals surface area contributed by atoms with Crippen molar-refractivity contribution in [1.29, 1.82) is 0 Å². The van der Waals surface area contributed by atoms with Gasteiger partial charge < -0.3 is 21.0 Å². The fourth-order valence-corrected chi connectivity index (χ4v) is 4.51. The average Bonchev–Trinajstić information content (AvgIpc) is 3.11. The second-order valence-corrected chi connectivity index (χ2v) is 8.88. The summed E-state index contributed by atoms with van der Waals surface area (Å²) in [6, 6.07) is 17.5. The number of fused-ring (bicyclic) bond motifs is 3. The number of benzene rings is 2. The minimum absolute atomic E-state index is 0.0263. The number of aliphatic hydroxyl groups is 1. The molecule has 0 saturated carbocycles. The topological polar surface area (TPSA) is 104 Å². The van der Waals surface area contributed by atoms with Crippen molar-refractivity contribution >= 4 is 17.7 Å². The van der Waals surface area contributed by atoms with Crippen LogP contribution < -0.4 is 16.2 Å². The first-order valence-electron chi connectivity index (χ1n) is 11.4. The number of rotatable bonds is 1. The summed E-state index contributed by atoms with van der Waals surface area (Å²) in [7, 11) is 0. The van der Waals surface area contributed by atoms with E-state index in [9.17, 15) is 27.9 Å². The van der Waals surface area contributed by atoms with Crippen LogP contribution in [0.4, 0.5) is 13.2 Å². The van der Waals surface area contributed by atoms with E-state index in [4.69, 9.17) is 5.11 Å². The molecule has 0 saturated heterocycles. The number of aromatic nitrogens is 1. The summed E-state index contributed by atoms with van der Waals surface area (Å²) in [5.41, 5.74) is 6.29. The van der Waals surface area contributed by atoms with E-state index < -0.39 is 36.3 Å². The number of pyridine rings is 1. The molecule has 2 aliphatic heterocycles.